The number of rotatable bonds is 5. The zero-order valence-electron chi connectivity index (χ0n) is 10.6. The third-order valence-corrected chi connectivity index (χ3v) is 3.06. The van der Waals surface area contributed by atoms with Crippen molar-refractivity contribution in [3.05, 3.63) is 18.0 Å². The van der Waals surface area contributed by atoms with Gasteiger partial charge in [-0.3, -0.25) is 9.48 Å². The number of aromatic nitrogens is 2. The quantitative estimate of drug-likeness (QED) is 0.832. The van der Waals surface area contributed by atoms with E-state index in [0.717, 1.165) is 12.8 Å². The number of carbonyl (C=O) groups is 1. The maximum Gasteiger partial charge on any atom is 0.269 e. The minimum absolute atomic E-state index is 0. The summed E-state index contributed by atoms with van der Waals surface area (Å²) in [5.74, 6) is -0.128. The Morgan fingerprint density at radius 1 is 1.53 bits per heavy atom. The SMILES string of the molecule is CCC(N)(CC)CNC(=O)c1ccnn1C.Cl. The molecule has 1 aromatic heterocycles. The maximum atomic E-state index is 11.8. The number of carbonyl (C=O) groups excluding carboxylic acids is 1. The summed E-state index contributed by atoms with van der Waals surface area (Å²) in [6, 6.07) is 1.69. The van der Waals surface area contributed by atoms with Crippen LogP contribution in [0.25, 0.3) is 0 Å². The van der Waals surface area contributed by atoms with E-state index in [1.54, 1.807) is 24.0 Å². The molecule has 3 N–H and O–H groups in total. The van der Waals surface area contributed by atoms with Gasteiger partial charge in [-0.1, -0.05) is 13.8 Å². The zero-order chi connectivity index (χ0) is 12.2. The Morgan fingerprint density at radius 3 is 2.53 bits per heavy atom. The van der Waals surface area contributed by atoms with Crippen molar-refractivity contribution in [1.29, 1.82) is 0 Å². The van der Waals surface area contributed by atoms with Gasteiger partial charge < -0.3 is 11.1 Å². The second kappa shape index (κ2) is 6.61. The Labute approximate surface area is 108 Å². The van der Waals surface area contributed by atoms with E-state index in [1.165, 1.54) is 0 Å². The fourth-order valence-electron chi connectivity index (χ4n) is 1.44. The average Bonchev–Trinajstić information content (AvgIpc) is 2.72. The lowest BCUT2D eigenvalue weighted by Gasteiger charge is -2.26. The lowest BCUT2D eigenvalue weighted by Crippen LogP contribution is -2.49. The summed E-state index contributed by atoms with van der Waals surface area (Å²) >= 11 is 0. The van der Waals surface area contributed by atoms with E-state index in [-0.39, 0.29) is 23.9 Å². The van der Waals surface area contributed by atoms with Crippen molar-refractivity contribution >= 4 is 18.3 Å². The lowest BCUT2D eigenvalue weighted by atomic mass is 9.94. The molecule has 5 nitrogen and oxygen atoms in total. The predicted molar refractivity (Wildman–Crippen MR) is 70.3 cm³/mol. The van der Waals surface area contributed by atoms with Crippen molar-refractivity contribution in [3.8, 4) is 0 Å². The monoisotopic (exact) mass is 260 g/mol. The Bertz CT molecular complexity index is 360. The van der Waals surface area contributed by atoms with E-state index in [0.29, 0.717) is 12.2 Å². The number of nitrogens with zero attached hydrogens (tertiary/aromatic N) is 2. The summed E-state index contributed by atoms with van der Waals surface area (Å²) in [6.45, 7) is 4.55. The molecule has 1 amide bonds. The summed E-state index contributed by atoms with van der Waals surface area (Å²) < 4.78 is 1.55. The summed E-state index contributed by atoms with van der Waals surface area (Å²) in [4.78, 5) is 11.8. The molecule has 98 valence electrons. The van der Waals surface area contributed by atoms with Gasteiger partial charge >= 0.3 is 0 Å². The van der Waals surface area contributed by atoms with Crippen LogP contribution in [0.15, 0.2) is 12.3 Å². The molecule has 0 saturated carbocycles. The van der Waals surface area contributed by atoms with E-state index < -0.39 is 0 Å². The summed E-state index contributed by atoms with van der Waals surface area (Å²) in [5.41, 5.74) is 6.34. The summed E-state index contributed by atoms with van der Waals surface area (Å²) in [6.07, 6.45) is 3.29. The Morgan fingerprint density at radius 2 is 2.12 bits per heavy atom. The third kappa shape index (κ3) is 4.02. The van der Waals surface area contributed by atoms with E-state index in [2.05, 4.69) is 10.4 Å². The van der Waals surface area contributed by atoms with Gasteiger partial charge in [-0.05, 0) is 18.9 Å². The van der Waals surface area contributed by atoms with Gasteiger partial charge in [-0.15, -0.1) is 12.4 Å². The van der Waals surface area contributed by atoms with Gasteiger partial charge in [0.2, 0.25) is 0 Å². The van der Waals surface area contributed by atoms with Crippen LogP contribution in [0.5, 0.6) is 0 Å². The summed E-state index contributed by atoms with van der Waals surface area (Å²) in [7, 11) is 1.74. The number of hydrogen-bond acceptors (Lipinski definition) is 3. The molecule has 0 fully saturated rings. The van der Waals surface area contributed by atoms with Crippen molar-refractivity contribution in [3.63, 3.8) is 0 Å². The number of amides is 1. The van der Waals surface area contributed by atoms with E-state index in [1.807, 2.05) is 13.8 Å². The van der Waals surface area contributed by atoms with Gasteiger partial charge in [-0.2, -0.15) is 5.10 Å². The van der Waals surface area contributed by atoms with Crippen LogP contribution in [-0.2, 0) is 7.05 Å². The van der Waals surface area contributed by atoms with Crippen LogP contribution < -0.4 is 11.1 Å². The van der Waals surface area contributed by atoms with Crippen LogP contribution in [0.1, 0.15) is 37.2 Å². The average molecular weight is 261 g/mol. The van der Waals surface area contributed by atoms with Gasteiger partial charge in [0.25, 0.3) is 5.91 Å². The van der Waals surface area contributed by atoms with E-state index in [4.69, 9.17) is 5.73 Å². The second-order valence-electron chi connectivity index (χ2n) is 4.09. The van der Waals surface area contributed by atoms with Gasteiger partial charge in [0.05, 0.1) is 0 Å². The van der Waals surface area contributed by atoms with Crippen molar-refractivity contribution in [2.24, 2.45) is 12.8 Å². The lowest BCUT2D eigenvalue weighted by molar-refractivity contribution is 0.0932. The molecule has 1 heterocycles. The van der Waals surface area contributed by atoms with E-state index in [9.17, 15) is 4.79 Å². The molecular weight excluding hydrogens is 240 g/mol. The third-order valence-electron chi connectivity index (χ3n) is 3.06. The first kappa shape index (κ1) is 15.9. The standard InChI is InChI=1S/C11H20N4O.ClH/c1-4-11(12,5-2)8-13-10(16)9-6-7-14-15(9)3;/h6-7H,4-5,8,12H2,1-3H3,(H,13,16);1H. The molecule has 0 aromatic carbocycles. The smallest absolute Gasteiger partial charge is 0.269 e. The van der Waals surface area contributed by atoms with Gasteiger partial charge in [-0.25, -0.2) is 0 Å². The van der Waals surface area contributed by atoms with Crippen LogP contribution >= 0.6 is 12.4 Å². The number of nitrogens with one attached hydrogen (secondary N) is 1. The molecule has 1 rings (SSSR count). The molecule has 0 radical (unpaired) electrons. The van der Waals surface area contributed by atoms with Crippen LogP contribution in [0.3, 0.4) is 0 Å². The number of nitrogens with two attached hydrogens (primary N) is 1. The molecule has 0 aliphatic carbocycles. The molecule has 0 unspecified atom stereocenters. The molecule has 17 heavy (non-hydrogen) atoms. The first-order chi connectivity index (χ1) is 7.52. The van der Waals surface area contributed by atoms with E-state index >= 15 is 0 Å². The van der Waals surface area contributed by atoms with Crippen LogP contribution in [0.4, 0.5) is 0 Å². The minimum Gasteiger partial charge on any atom is -0.349 e. The number of aryl methyl sites for hydroxylation is 1. The van der Waals surface area contributed by atoms with Gasteiger partial charge in [0.15, 0.2) is 0 Å². The highest BCUT2D eigenvalue weighted by Gasteiger charge is 2.21. The van der Waals surface area contributed by atoms with Crippen LogP contribution in [0.2, 0.25) is 0 Å². The number of hydrogen-bond donors (Lipinski definition) is 2. The molecule has 0 spiro atoms. The first-order valence-electron chi connectivity index (χ1n) is 5.57. The normalized spacial score (nSPS) is 10.8. The van der Waals surface area contributed by atoms with Gasteiger partial charge in [0.1, 0.15) is 5.69 Å². The molecule has 0 aliphatic heterocycles. The Balaban J connectivity index is 0.00000256. The van der Waals surface area contributed by atoms with Crippen molar-refractivity contribution in [1.82, 2.24) is 15.1 Å². The maximum absolute atomic E-state index is 11.8. The molecular formula is C11H21ClN4O. The minimum atomic E-state index is -0.311. The molecule has 0 atom stereocenters. The highest BCUT2D eigenvalue weighted by Crippen LogP contribution is 2.09. The fraction of sp³-hybridized carbons (Fsp3) is 0.636. The molecule has 1 aromatic rings. The molecule has 0 bridgehead atoms. The summed E-state index contributed by atoms with van der Waals surface area (Å²) in [5, 5.41) is 6.79. The topological polar surface area (TPSA) is 72.9 Å². The highest BCUT2D eigenvalue weighted by molar-refractivity contribution is 5.92. The molecule has 0 saturated heterocycles. The predicted octanol–water partition coefficient (Wildman–Crippen LogP) is 1.09. The molecule has 6 heteroatoms. The Kier molecular flexibility index (Phi) is 6.20. The number of halogens is 1. The zero-order valence-corrected chi connectivity index (χ0v) is 11.4. The Hall–Kier alpha value is -1.07. The van der Waals surface area contributed by atoms with Gasteiger partial charge in [0, 0.05) is 25.3 Å². The van der Waals surface area contributed by atoms with Crippen molar-refractivity contribution in [2.45, 2.75) is 32.2 Å². The van der Waals surface area contributed by atoms with Crippen molar-refractivity contribution in [2.75, 3.05) is 6.54 Å². The highest BCUT2D eigenvalue weighted by atomic mass is 35.5. The van der Waals surface area contributed by atoms with Crippen molar-refractivity contribution < 1.29 is 4.79 Å². The first-order valence-corrected chi connectivity index (χ1v) is 5.57. The van der Waals surface area contributed by atoms with Crippen LogP contribution in [-0.4, -0.2) is 27.8 Å². The van der Waals surface area contributed by atoms with Crippen LogP contribution in [0, 0.1) is 0 Å². The largest absolute Gasteiger partial charge is 0.349 e. The fourth-order valence-corrected chi connectivity index (χ4v) is 1.44. The molecule has 0 aliphatic rings. The second-order valence-corrected chi connectivity index (χ2v) is 4.09.